The maximum atomic E-state index is 5.26. The molecule has 2 heterocycles. The lowest BCUT2D eigenvalue weighted by molar-refractivity contribution is 1.05. The molecule has 0 spiro atoms. The predicted octanol–water partition coefficient (Wildman–Crippen LogP) is 3.35. The molecule has 0 aliphatic carbocycles. The van der Waals surface area contributed by atoms with Crippen molar-refractivity contribution in [2.24, 2.45) is 0 Å². The van der Waals surface area contributed by atoms with E-state index in [-0.39, 0.29) is 0 Å². The molecule has 0 radical (unpaired) electrons. The van der Waals surface area contributed by atoms with Crippen molar-refractivity contribution in [1.82, 2.24) is 25.1 Å². The molecule has 0 aliphatic rings. The second-order valence-electron chi connectivity index (χ2n) is 3.78. The van der Waals surface area contributed by atoms with E-state index in [1.54, 1.807) is 0 Å². The quantitative estimate of drug-likeness (QED) is 0.705. The number of aromatic nitrogens is 5. The van der Waals surface area contributed by atoms with Crippen molar-refractivity contribution in [2.75, 3.05) is 0 Å². The first-order valence-electron chi connectivity index (χ1n) is 5.46. The van der Waals surface area contributed by atoms with Crippen molar-refractivity contribution in [1.29, 1.82) is 0 Å². The minimum atomic E-state index is 0.476. The molecule has 5 nitrogen and oxygen atoms in total. The Balaban J connectivity index is 2.23. The van der Waals surface area contributed by atoms with Crippen LogP contribution in [0.4, 0.5) is 0 Å². The topological polar surface area (TPSA) is 70.2 Å². The summed E-state index contributed by atoms with van der Waals surface area (Å²) in [5.74, 6) is 1.11. The summed E-state index contributed by atoms with van der Waals surface area (Å²) in [6.45, 7) is 0. The molecule has 19 heavy (non-hydrogen) atoms. The number of H-pyrrole nitrogens is 2. The van der Waals surface area contributed by atoms with Crippen molar-refractivity contribution >= 4 is 28.1 Å². The largest absolute Gasteiger partial charge is 0.336 e. The van der Waals surface area contributed by atoms with E-state index < -0.39 is 0 Å². The molecule has 0 fully saturated rings. The molecule has 3 rings (SSSR count). The van der Waals surface area contributed by atoms with E-state index >= 15 is 0 Å². The van der Waals surface area contributed by atoms with Crippen LogP contribution in [0, 0.1) is 4.64 Å². The lowest BCUT2D eigenvalue weighted by Crippen LogP contribution is -1.96. The minimum absolute atomic E-state index is 0.476. The molecule has 0 amide bonds. The first-order valence-corrected chi connectivity index (χ1v) is 6.67. The van der Waals surface area contributed by atoms with Gasteiger partial charge in [-0.2, -0.15) is 5.10 Å². The Bertz CT molecular complexity index is 752. The predicted molar refractivity (Wildman–Crippen MR) is 77.9 cm³/mol. The van der Waals surface area contributed by atoms with Gasteiger partial charge in [0.1, 0.15) is 11.0 Å². The van der Waals surface area contributed by atoms with Crippen molar-refractivity contribution in [3.05, 3.63) is 45.8 Å². The Kier molecular flexibility index (Phi) is 3.22. The van der Waals surface area contributed by atoms with Gasteiger partial charge in [0.2, 0.25) is 0 Å². The monoisotopic (exact) mass is 333 g/mol. The lowest BCUT2D eigenvalue weighted by atomic mass is 10.1. The van der Waals surface area contributed by atoms with E-state index in [9.17, 15) is 0 Å². The maximum Gasteiger partial charge on any atom is 0.191 e. The highest BCUT2D eigenvalue weighted by Crippen LogP contribution is 2.28. The average molecular weight is 334 g/mol. The minimum Gasteiger partial charge on any atom is -0.336 e. The molecule has 94 valence electrons. The van der Waals surface area contributed by atoms with Gasteiger partial charge < -0.3 is 4.98 Å². The standard InChI is InChI=1S/C12H8BrN5S/c13-8-9(7-4-2-1-3-5-7)16-11(17-12(8)19)10-14-6-15-18-10/h1-6H,(H,14,15,18)(H,16,17,19). The summed E-state index contributed by atoms with van der Waals surface area (Å²) >= 11 is 8.73. The van der Waals surface area contributed by atoms with Crippen molar-refractivity contribution < 1.29 is 0 Å². The Morgan fingerprint density at radius 2 is 1.89 bits per heavy atom. The van der Waals surface area contributed by atoms with Crippen LogP contribution >= 0.6 is 28.1 Å². The van der Waals surface area contributed by atoms with Gasteiger partial charge in [0, 0.05) is 0 Å². The van der Waals surface area contributed by atoms with Crippen LogP contribution in [0.25, 0.3) is 22.9 Å². The van der Waals surface area contributed by atoms with Crippen LogP contribution in [0.15, 0.2) is 41.1 Å². The van der Waals surface area contributed by atoms with E-state index in [0.29, 0.717) is 16.3 Å². The van der Waals surface area contributed by atoms with Crippen LogP contribution in [0.3, 0.4) is 0 Å². The molecular formula is C12H8BrN5S. The van der Waals surface area contributed by atoms with Gasteiger partial charge in [-0.15, -0.1) is 0 Å². The van der Waals surface area contributed by atoms with E-state index in [4.69, 9.17) is 12.2 Å². The number of hydrogen-bond acceptors (Lipinski definition) is 4. The molecule has 1 aromatic carbocycles. The van der Waals surface area contributed by atoms with Crippen molar-refractivity contribution in [3.63, 3.8) is 0 Å². The number of rotatable bonds is 2. The maximum absolute atomic E-state index is 5.26. The number of hydrogen-bond donors (Lipinski definition) is 2. The van der Waals surface area contributed by atoms with Gasteiger partial charge in [0.15, 0.2) is 11.6 Å². The SMILES string of the molecule is S=c1nc(-c2ncn[nH]2)[nH]c(-c2ccccc2)c1Br. The summed E-state index contributed by atoms with van der Waals surface area (Å²) in [6.07, 6.45) is 1.43. The van der Waals surface area contributed by atoms with E-state index in [1.807, 2.05) is 30.3 Å². The Hall–Kier alpha value is -1.86. The second kappa shape index (κ2) is 5.02. The van der Waals surface area contributed by atoms with Gasteiger partial charge in [-0.1, -0.05) is 42.5 Å². The first kappa shape index (κ1) is 12.2. The number of nitrogens with zero attached hydrogens (tertiary/aromatic N) is 3. The summed E-state index contributed by atoms with van der Waals surface area (Å²) in [7, 11) is 0. The van der Waals surface area contributed by atoms with Gasteiger partial charge in [-0.05, 0) is 21.5 Å². The molecule has 2 aromatic heterocycles. The second-order valence-corrected chi connectivity index (χ2v) is 4.96. The van der Waals surface area contributed by atoms with Crippen molar-refractivity contribution in [2.45, 2.75) is 0 Å². The zero-order valence-electron chi connectivity index (χ0n) is 9.59. The van der Waals surface area contributed by atoms with Crippen LogP contribution in [-0.4, -0.2) is 25.1 Å². The summed E-state index contributed by atoms with van der Waals surface area (Å²) in [6, 6.07) is 9.88. The van der Waals surface area contributed by atoms with Gasteiger partial charge in [0.25, 0.3) is 0 Å². The normalized spacial score (nSPS) is 10.6. The molecule has 0 atom stereocenters. The van der Waals surface area contributed by atoms with Gasteiger partial charge in [0.05, 0.1) is 10.2 Å². The molecule has 3 aromatic rings. The molecule has 0 saturated heterocycles. The van der Waals surface area contributed by atoms with Crippen molar-refractivity contribution in [3.8, 4) is 22.9 Å². The van der Waals surface area contributed by atoms with Crippen LogP contribution in [-0.2, 0) is 0 Å². The highest BCUT2D eigenvalue weighted by Gasteiger charge is 2.11. The van der Waals surface area contributed by atoms with Crippen LogP contribution in [0.5, 0.6) is 0 Å². The van der Waals surface area contributed by atoms with Crippen LogP contribution in [0.2, 0.25) is 0 Å². The number of benzene rings is 1. The molecule has 2 N–H and O–H groups in total. The van der Waals surface area contributed by atoms with Crippen LogP contribution < -0.4 is 0 Å². The molecule has 0 bridgehead atoms. The van der Waals surface area contributed by atoms with Gasteiger partial charge in [-0.25, -0.2) is 9.97 Å². The van der Waals surface area contributed by atoms with Gasteiger partial charge in [-0.3, -0.25) is 5.10 Å². The highest BCUT2D eigenvalue weighted by atomic mass is 79.9. The lowest BCUT2D eigenvalue weighted by Gasteiger charge is -2.07. The fourth-order valence-corrected chi connectivity index (χ4v) is 2.30. The Morgan fingerprint density at radius 3 is 2.58 bits per heavy atom. The fourth-order valence-electron chi connectivity index (χ4n) is 1.69. The van der Waals surface area contributed by atoms with E-state index in [1.165, 1.54) is 6.33 Å². The number of nitrogens with one attached hydrogen (secondary N) is 2. The third kappa shape index (κ3) is 2.34. The van der Waals surface area contributed by atoms with E-state index in [0.717, 1.165) is 15.7 Å². The zero-order valence-corrected chi connectivity index (χ0v) is 12.0. The summed E-state index contributed by atoms with van der Waals surface area (Å²) in [4.78, 5) is 11.6. The molecule has 7 heteroatoms. The first-order chi connectivity index (χ1) is 9.25. The average Bonchev–Trinajstić information content (AvgIpc) is 2.97. The van der Waals surface area contributed by atoms with Gasteiger partial charge >= 0.3 is 0 Å². The number of aromatic amines is 2. The zero-order chi connectivity index (χ0) is 13.2. The number of halogens is 1. The third-order valence-electron chi connectivity index (χ3n) is 2.57. The molecule has 0 aliphatic heterocycles. The highest BCUT2D eigenvalue weighted by molar-refractivity contribution is 9.10. The Labute approximate surface area is 122 Å². The smallest absolute Gasteiger partial charge is 0.191 e. The Morgan fingerprint density at radius 1 is 1.11 bits per heavy atom. The molecular weight excluding hydrogens is 326 g/mol. The third-order valence-corrected chi connectivity index (χ3v) is 3.90. The fraction of sp³-hybridized carbons (Fsp3) is 0. The van der Waals surface area contributed by atoms with E-state index in [2.05, 4.69) is 41.1 Å². The summed E-state index contributed by atoms with van der Waals surface area (Å²) in [5, 5.41) is 6.57. The molecule has 0 unspecified atom stereocenters. The molecule has 0 saturated carbocycles. The van der Waals surface area contributed by atoms with Crippen LogP contribution in [0.1, 0.15) is 0 Å². The summed E-state index contributed by atoms with van der Waals surface area (Å²) in [5.41, 5.74) is 1.88. The summed E-state index contributed by atoms with van der Waals surface area (Å²) < 4.78 is 1.24.